The number of aromatic hydroxyl groups is 1. The van der Waals surface area contributed by atoms with Crippen LogP contribution >= 0.6 is 19.2 Å². The van der Waals surface area contributed by atoms with Gasteiger partial charge in [-0.3, -0.25) is 23.7 Å². The van der Waals surface area contributed by atoms with E-state index >= 15 is 0 Å². The summed E-state index contributed by atoms with van der Waals surface area (Å²) in [6, 6.07) is 3.99. The lowest BCUT2D eigenvalue weighted by molar-refractivity contribution is -0.275. The van der Waals surface area contributed by atoms with Crippen molar-refractivity contribution in [3.63, 3.8) is 0 Å². The molecule has 0 aliphatic carbocycles. The van der Waals surface area contributed by atoms with Gasteiger partial charge in [0.15, 0.2) is 12.3 Å². The zero-order valence-electron chi connectivity index (χ0n) is 28.7. The molecule has 0 bridgehead atoms. The number of hydroxylamine groups is 2. The highest BCUT2D eigenvalue weighted by molar-refractivity contribution is 7.46. The number of piperazine rings is 1. The van der Waals surface area contributed by atoms with E-state index in [1.807, 2.05) is 39.5 Å². The number of fused-ring (bicyclic) bond motifs is 2. The molecule has 3 saturated heterocycles. The number of likely N-dealkylation sites (tertiary alicyclic amines) is 1. The van der Waals surface area contributed by atoms with E-state index in [1.54, 1.807) is 29.2 Å². The number of hydrogen-bond donors (Lipinski definition) is 3. The van der Waals surface area contributed by atoms with Crippen LogP contribution in [0.3, 0.4) is 0 Å². The fraction of sp³-hybridized carbons (Fsp3) is 0.636. The van der Waals surface area contributed by atoms with Crippen LogP contribution in [0.4, 0.5) is 0 Å². The summed E-state index contributed by atoms with van der Waals surface area (Å²) in [7, 11) is -4.50. The van der Waals surface area contributed by atoms with Crippen LogP contribution in [0.25, 0.3) is 16.3 Å². The molecule has 270 valence electrons. The van der Waals surface area contributed by atoms with Crippen LogP contribution < -0.4 is 0 Å². The van der Waals surface area contributed by atoms with E-state index in [0.717, 1.165) is 11.2 Å². The number of phenolic OH excluding ortho intramolecular Hbond substituents is 1. The highest BCUT2D eigenvalue weighted by atomic mass is 32.1. The third-order valence-electron chi connectivity index (χ3n) is 8.91. The van der Waals surface area contributed by atoms with Crippen molar-refractivity contribution in [2.75, 3.05) is 32.8 Å². The van der Waals surface area contributed by atoms with Crippen LogP contribution in [-0.2, 0) is 28.3 Å². The smallest absolute Gasteiger partial charge is 0.469 e. The molecular formula is C33H48N5O9PS. The van der Waals surface area contributed by atoms with Crippen molar-refractivity contribution in [3.8, 4) is 5.75 Å². The number of carbonyl (C=O) groups is 3. The van der Waals surface area contributed by atoms with Gasteiger partial charge in [0.25, 0.3) is 11.8 Å². The molecule has 0 saturated carbocycles. The number of amides is 3. The van der Waals surface area contributed by atoms with E-state index in [1.165, 1.54) is 22.5 Å². The van der Waals surface area contributed by atoms with Crippen molar-refractivity contribution in [1.82, 2.24) is 24.7 Å². The number of thiazole rings is 1. The first-order valence-electron chi connectivity index (χ1n) is 16.8. The van der Waals surface area contributed by atoms with Crippen molar-refractivity contribution >= 4 is 53.2 Å². The zero-order valence-corrected chi connectivity index (χ0v) is 30.4. The maximum atomic E-state index is 14.4. The molecule has 0 unspecified atom stereocenters. The number of phenols is 1. The zero-order chi connectivity index (χ0) is 35.7. The van der Waals surface area contributed by atoms with Gasteiger partial charge in [-0.1, -0.05) is 34.6 Å². The summed E-state index contributed by atoms with van der Waals surface area (Å²) >= 11 is 1.38. The topological polar surface area (TPSA) is 173 Å². The van der Waals surface area contributed by atoms with Crippen LogP contribution in [0, 0.1) is 11.3 Å². The Kier molecular flexibility index (Phi) is 11.5. The molecule has 5 rings (SSSR count). The second-order valence-electron chi connectivity index (χ2n) is 14.7. The van der Waals surface area contributed by atoms with Crippen molar-refractivity contribution in [2.45, 2.75) is 91.1 Å². The predicted molar refractivity (Wildman–Crippen MR) is 184 cm³/mol. The first-order valence-corrected chi connectivity index (χ1v) is 19.2. The Morgan fingerprint density at radius 1 is 1.18 bits per heavy atom. The van der Waals surface area contributed by atoms with Gasteiger partial charge < -0.3 is 29.6 Å². The van der Waals surface area contributed by atoms with Crippen LogP contribution in [0.5, 0.6) is 5.75 Å². The minimum absolute atomic E-state index is 0.0368. The average Bonchev–Trinajstić information content (AvgIpc) is 3.63. The van der Waals surface area contributed by atoms with Crippen molar-refractivity contribution < 1.29 is 43.2 Å². The highest BCUT2D eigenvalue weighted by Crippen LogP contribution is 2.37. The average molecular weight is 722 g/mol. The number of nitrogens with zero attached hydrogens (tertiary/aromatic N) is 5. The maximum Gasteiger partial charge on any atom is 0.469 e. The summed E-state index contributed by atoms with van der Waals surface area (Å²) in [5.41, 5.74) is 0.319. The normalized spacial score (nSPS) is 24.2. The Balaban J connectivity index is 1.38. The minimum Gasteiger partial charge on any atom is -0.508 e. The van der Waals surface area contributed by atoms with Gasteiger partial charge in [0.1, 0.15) is 16.8 Å². The number of rotatable bonds is 12. The molecule has 1 aromatic carbocycles. The number of benzene rings is 1. The van der Waals surface area contributed by atoms with Crippen LogP contribution in [0.1, 0.15) is 71.7 Å². The summed E-state index contributed by atoms with van der Waals surface area (Å²) in [4.78, 5) is 76.6. The van der Waals surface area contributed by atoms with Gasteiger partial charge in [-0.2, -0.15) is 5.06 Å². The number of phosphoric ester groups is 1. The first kappa shape index (κ1) is 37.3. The molecule has 16 heteroatoms. The monoisotopic (exact) mass is 721 g/mol. The van der Waals surface area contributed by atoms with E-state index in [2.05, 4.69) is 14.4 Å². The highest BCUT2D eigenvalue weighted by Gasteiger charge is 2.54. The van der Waals surface area contributed by atoms with Gasteiger partial charge >= 0.3 is 7.82 Å². The molecule has 49 heavy (non-hydrogen) atoms. The fourth-order valence-electron chi connectivity index (χ4n) is 6.76. The lowest BCUT2D eigenvalue weighted by atomic mass is 9.85. The lowest BCUT2D eigenvalue weighted by Crippen LogP contribution is -2.74. The third-order valence-corrected chi connectivity index (χ3v) is 10.4. The molecule has 0 radical (unpaired) electrons. The van der Waals surface area contributed by atoms with E-state index < -0.39 is 32.0 Å². The second kappa shape index (κ2) is 15.1. The molecule has 4 atom stereocenters. The Morgan fingerprint density at radius 2 is 1.94 bits per heavy atom. The Morgan fingerprint density at radius 3 is 2.63 bits per heavy atom. The summed E-state index contributed by atoms with van der Waals surface area (Å²) < 4.78 is 16.4. The van der Waals surface area contributed by atoms with Gasteiger partial charge in [0.05, 0.1) is 23.4 Å². The number of aromatic nitrogens is 1. The summed E-state index contributed by atoms with van der Waals surface area (Å²) in [6.45, 7) is 12.1. The first-order chi connectivity index (χ1) is 23.0. The summed E-state index contributed by atoms with van der Waals surface area (Å²) in [6.07, 6.45) is 3.90. The van der Waals surface area contributed by atoms with Crippen LogP contribution in [0.2, 0.25) is 0 Å². The van der Waals surface area contributed by atoms with Crippen molar-refractivity contribution in [1.29, 1.82) is 0 Å². The SMILES string of the molecule is CC(C)C[C@H]1ON(C(=O)/C=C/c2nc3cc(O)ccc3s2)[C@H]2CN([C@@H]3CCN(CCCCOP(=O)(O)O)C3)C(=O)[C@H](CC(C)(C)C)N2C1=O. The van der Waals surface area contributed by atoms with Crippen molar-refractivity contribution in [3.05, 3.63) is 29.3 Å². The Labute approximate surface area is 290 Å². The fourth-order valence-corrected chi connectivity index (χ4v) is 7.97. The molecule has 3 N–H and O–H groups in total. The number of carbonyl (C=O) groups excluding carboxylic acids is 3. The molecular weight excluding hydrogens is 673 g/mol. The molecule has 3 aliphatic heterocycles. The number of unbranched alkanes of at least 4 members (excludes halogenated alkanes) is 1. The van der Waals surface area contributed by atoms with Crippen LogP contribution in [-0.4, -0.2) is 115 Å². The second-order valence-corrected chi connectivity index (χ2v) is 17.0. The van der Waals surface area contributed by atoms with Crippen molar-refractivity contribution in [2.24, 2.45) is 11.3 Å². The molecule has 3 amide bonds. The van der Waals surface area contributed by atoms with E-state index in [-0.39, 0.29) is 48.1 Å². The predicted octanol–water partition coefficient (Wildman–Crippen LogP) is 3.97. The number of phosphoric acid groups is 1. The minimum atomic E-state index is -4.50. The largest absolute Gasteiger partial charge is 0.508 e. The standard InChI is InChI=1S/C33H48N5O9PS/c1-21(2)16-26-32(42)37-25(18-33(3,4)5)31(41)36(22-12-14-35(19-22)13-6-7-15-46-48(43,44)45)20-29(37)38(47-26)30(40)11-10-28-34-24-17-23(39)8-9-27(24)49-28/h8-11,17,21-22,25-26,29,39H,6-7,12-16,18-20H2,1-5H3,(H2,43,44,45)/b11-10+/t22-,25+,26-,29+/m1/s1. The van der Waals surface area contributed by atoms with Gasteiger partial charge in [0, 0.05) is 31.3 Å². The molecule has 2 aromatic rings. The van der Waals surface area contributed by atoms with Gasteiger partial charge in [-0.05, 0) is 68.2 Å². The molecule has 0 spiro atoms. The maximum absolute atomic E-state index is 14.4. The molecule has 3 fully saturated rings. The summed E-state index contributed by atoms with van der Waals surface area (Å²) in [5, 5.41) is 11.7. The molecule has 3 aliphatic rings. The van der Waals surface area contributed by atoms with E-state index in [0.29, 0.717) is 55.7 Å². The third kappa shape index (κ3) is 9.46. The number of hydrogen-bond acceptors (Lipinski definition) is 10. The van der Waals surface area contributed by atoms with Gasteiger partial charge in [0.2, 0.25) is 5.91 Å². The van der Waals surface area contributed by atoms with Gasteiger partial charge in [-0.25, -0.2) is 9.55 Å². The van der Waals surface area contributed by atoms with E-state index in [4.69, 9.17) is 14.6 Å². The Hall–Kier alpha value is -2.91. The van der Waals surface area contributed by atoms with Crippen LogP contribution in [0.15, 0.2) is 24.3 Å². The molecule has 4 heterocycles. The molecule has 1 aromatic heterocycles. The lowest BCUT2D eigenvalue weighted by Gasteiger charge is -2.54. The van der Waals surface area contributed by atoms with E-state index in [9.17, 15) is 24.1 Å². The van der Waals surface area contributed by atoms with Gasteiger partial charge in [-0.15, -0.1) is 11.3 Å². The molecule has 14 nitrogen and oxygen atoms in total. The Bertz CT molecular complexity index is 1600. The summed E-state index contributed by atoms with van der Waals surface area (Å²) in [5.74, 6) is -0.681. The quantitative estimate of drug-likeness (QED) is 0.165.